The molecule has 0 saturated heterocycles. The molecule has 2 heterocycles. The van der Waals surface area contributed by atoms with Crippen molar-refractivity contribution in [2.45, 2.75) is 11.5 Å². The first-order valence-corrected chi connectivity index (χ1v) is 11.1. The zero-order valence-electron chi connectivity index (χ0n) is 18.2. The number of nitrogens with zero attached hydrogens (tertiary/aromatic N) is 2. The molecule has 2 aliphatic heterocycles. The molecule has 4 aromatic carbocycles. The van der Waals surface area contributed by atoms with Crippen molar-refractivity contribution in [1.82, 2.24) is 0 Å². The second-order valence-electron chi connectivity index (χ2n) is 8.34. The second-order valence-corrected chi connectivity index (χ2v) is 8.34. The second kappa shape index (κ2) is 7.81. The first kappa shape index (κ1) is 20.1. The summed E-state index contributed by atoms with van der Waals surface area (Å²) < 4.78 is 0. The van der Waals surface area contributed by atoms with Crippen molar-refractivity contribution in [2.75, 3.05) is 4.90 Å². The average molecular weight is 444 g/mol. The molecule has 0 fully saturated rings. The smallest absolute Gasteiger partial charge is 0.265 e. The van der Waals surface area contributed by atoms with E-state index in [4.69, 9.17) is 4.84 Å². The highest BCUT2D eigenvalue weighted by Crippen LogP contribution is 2.52. The zero-order valence-corrected chi connectivity index (χ0v) is 18.2. The summed E-state index contributed by atoms with van der Waals surface area (Å²) >= 11 is 0. The van der Waals surface area contributed by atoms with Crippen LogP contribution in [0.4, 0.5) is 5.69 Å². The molecule has 6 rings (SSSR count). The van der Waals surface area contributed by atoms with Gasteiger partial charge in [0, 0.05) is 11.1 Å². The Morgan fingerprint density at radius 1 is 0.706 bits per heavy atom. The molecule has 5 nitrogen and oxygen atoms in total. The summed E-state index contributed by atoms with van der Waals surface area (Å²) in [4.78, 5) is 35.7. The van der Waals surface area contributed by atoms with Crippen LogP contribution >= 0.6 is 0 Å². The maximum Gasteiger partial charge on any atom is 0.265 e. The van der Waals surface area contributed by atoms with E-state index in [2.05, 4.69) is 5.16 Å². The van der Waals surface area contributed by atoms with Gasteiger partial charge in [0.1, 0.15) is 5.71 Å². The van der Waals surface area contributed by atoms with Crippen molar-refractivity contribution in [3.8, 4) is 0 Å². The number of rotatable bonds is 3. The number of benzene rings is 4. The van der Waals surface area contributed by atoms with E-state index in [9.17, 15) is 9.59 Å². The Kier molecular flexibility index (Phi) is 4.62. The minimum absolute atomic E-state index is 0.358. The largest absolute Gasteiger partial charge is 0.385 e. The van der Waals surface area contributed by atoms with Crippen molar-refractivity contribution < 1.29 is 14.4 Å². The number of hydrogen-bond acceptors (Lipinski definition) is 4. The monoisotopic (exact) mass is 444 g/mol. The molecule has 2 unspecified atom stereocenters. The number of amides is 2. The number of para-hydroxylation sites is 1. The van der Waals surface area contributed by atoms with Crippen molar-refractivity contribution in [1.29, 1.82) is 0 Å². The molecule has 2 amide bonds. The summed E-state index contributed by atoms with van der Waals surface area (Å²) in [5, 5.41) is 4.50. The van der Waals surface area contributed by atoms with Crippen LogP contribution in [-0.4, -0.2) is 17.5 Å². The summed E-state index contributed by atoms with van der Waals surface area (Å²) in [6.45, 7) is 0. The molecule has 2 atom stereocenters. The van der Waals surface area contributed by atoms with E-state index in [-0.39, 0.29) is 11.8 Å². The molecule has 164 valence electrons. The van der Waals surface area contributed by atoms with E-state index in [0.717, 1.165) is 11.1 Å². The number of carbonyl (C=O) groups is 2. The molecule has 0 aromatic heterocycles. The van der Waals surface area contributed by atoms with Crippen LogP contribution in [0.2, 0.25) is 0 Å². The van der Waals surface area contributed by atoms with Gasteiger partial charge < -0.3 is 4.84 Å². The van der Waals surface area contributed by atoms with Gasteiger partial charge in [-0.25, -0.2) is 4.90 Å². The highest BCUT2D eigenvalue weighted by atomic mass is 16.6. The third-order valence-electron chi connectivity index (χ3n) is 6.51. The lowest BCUT2D eigenvalue weighted by Crippen LogP contribution is -2.59. The van der Waals surface area contributed by atoms with Gasteiger partial charge in [-0.05, 0) is 29.3 Å². The molecular weight excluding hydrogens is 424 g/mol. The SMILES string of the molecule is O=C1c2ccccc2C2(C(=O)N1c1ccccc1)C(c1ccccc1)=NOC2c1ccccc1. The highest BCUT2D eigenvalue weighted by Gasteiger charge is 2.63. The lowest BCUT2D eigenvalue weighted by atomic mass is 9.64. The van der Waals surface area contributed by atoms with Gasteiger partial charge in [0.25, 0.3) is 11.8 Å². The number of anilines is 1. The summed E-state index contributed by atoms with van der Waals surface area (Å²) in [7, 11) is 0. The Morgan fingerprint density at radius 3 is 2.00 bits per heavy atom. The standard InChI is InChI=1S/C29H20N2O3/c32-27-23-18-10-11-19-24(23)29(28(33)31(27)22-16-8-3-9-17-22)25(20-12-4-1-5-13-20)30-34-26(29)21-14-6-2-7-15-21/h1-19,26H. The van der Waals surface area contributed by atoms with Crippen molar-refractivity contribution in [3.05, 3.63) is 138 Å². The number of carbonyl (C=O) groups excluding carboxylic acids is 2. The van der Waals surface area contributed by atoms with Crippen LogP contribution in [0.1, 0.15) is 33.2 Å². The third kappa shape index (κ3) is 2.77. The predicted molar refractivity (Wildman–Crippen MR) is 130 cm³/mol. The maximum absolute atomic E-state index is 14.6. The molecule has 0 radical (unpaired) electrons. The minimum Gasteiger partial charge on any atom is -0.385 e. The maximum atomic E-state index is 14.6. The Morgan fingerprint density at radius 2 is 1.29 bits per heavy atom. The molecule has 0 bridgehead atoms. The molecule has 5 heteroatoms. The average Bonchev–Trinajstić information content (AvgIpc) is 3.30. The number of oxime groups is 1. The number of hydrogen-bond donors (Lipinski definition) is 0. The van der Waals surface area contributed by atoms with Gasteiger partial charge in [-0.3, -0.25) is 9.59 Å². The quantitative estimate of drug-likeness (QED) is 0.404. The first-order chi connectivity index (χ1) is 16.7. The molecule has 34 heavy (non-hydrogen) atoms. The van der Waals surface area contributed by atoms with Gasteiger partial charge in [0.2, 0.25) is 0 Å². The van der Waals surface area contributed by atoms with E-state index in [1.54, 1.807) is 18.2 Å². The van der Waals surface area contributed by atoms with Gasteiger partial charge in [0.05, 0.1) is 5.69 Å². The first-order valence-electron chi connectivity index (χ1n) is 11.1. The fraction of sp³-hybridized carbons (Fsp3) is 0.0690. The predicted octanol–water partition coefficient (Wildman–Crippen LogP) is 5.29. The highest BCUT2D eigenvalue weighted by molar-refractivity contribution is 6.36. The molecule has 2 aliphatic rings. The summed E-state index contributed by atoms with van der Waals surface area (Å²) in [5.41, 5.74) is 2.30. The van der Waals surface area contributed by atoms with Gasteiger partial charge in [0.15, 0.2) is 11.5 Å². The van der Waals surface area contributed by atoms with Gasteiger partial charge in [-0.15, -0.1) is 0 Å². The third-order valence-corrected chi connectivity index (χ3v) is 6.51. The van der Waals surface area contributed by atoms with E-state index < -0.39 is 11.5 Å². The van der Waals surface area contributed by atoms with Gasteiger partial charge in [-0.2, -0.15) is 0 Å². The van der Waals surface area contributed by atoms with Crippen LogP contribution in [0.25, 0.3) is 0 Å². The zero-order chi connectivity index (χ0) is 23.1. The van der Waals surface area contributed by atoms with Crippen molar-refractivity contribution in [2.24, 2.45) is 5.16 Å². The van der Waals surface area contributed by atoms with E-state index in [0.29, 0.717) is 22.5 Å². The lowest BCUT2D eigenvalue weighted by Gasteiger charge is -2.42. The minimum atomic E-state index is -1.34. The lowest BCUT2D eigenvalue weighted by molar-refractivity contribution is -0.125. The summed E-state index contributed by atoms with van der Waals surface area (Å²) in [6, 6.07) is 35.4. The van der Waals surface area contributed by atoms with E-state index in [1.807, 2.05) is 97.1 Å². The van der Waals surface area contributed by atoms with Gasteiger partial charge in [-0.1, -0.05) is 102 Å². The molecule has 0 aliphatic carbocycles. The molecule has 0 N–H and O–H groups in total. The summed E-state index contributed by atoms with van der Waals surface area (Å²) in [5.74, 6) is -0.736. The molecule has 0 saturated carbocycles. The molecule has 4 aromatic rings. The van der Waals surface area contributed by atoms with Crippen LogP contribution in [0.15, 0.2) is 120 Å². The van der Waals surface area contributed by atoms with Crippen molar-refractivity contribution >= 4 is 23.2 Å². The van der Waals surface area contributed by atoms with Gasteiger partial charge >= 0.3 is 0 Å². The molecule has 1 spiro atoms. The van der Waals surface area contributed by atoms with Crippen molar-refractivity contribution in [3.63, 3.8) is 0 Å². The fourth-order valence-corrected chi connectivity index (χ4v) is 5.01. The Labute approximate surface area is 196 Å². The Bertz CT molecular complexity index is 1420. The van der Waals surface area contributed by atoms with Crippen LogP contribution in [0.3, 0.4) is 0 Å². The van der Waals surface area contributed by atoms with Crippen LogP contribution in [0, 0.1) is 0 Å². The Balaban J connectivity index is 1.68. The normalized spacial score (nSPS) is 21.2. The fourth-order valence-electron chi connectivity index (χ4n) is 5.01. The summed E-state index contributed by atoms with van der Waals surface area (Å²) in [6.07, 6.45) is -0.739. The van der Waals surface area contributed by atoms with E-state index >= 15 is 0 Å². The number of imide groups is 1. The molecular formula is C29H20N2O3. The van der Waals surface area contributed by atoms with E-state index in [1.165, 1.54) is 4.90 Å². The Hall–Kier alpha value is -4.51. The van der Waals surface area contributed by atoms with Crippen LogP contribution in [-0.2, 0) is 15.0 Å². The topological polar surface area (TPSA) is 59.0 Å². The van der Waals surface area contributed by atoms with Crippen LogP contribution in [0.5, 0.6) is 0 Å². The number of fused-ring (bicyclic) bond motifs is 2. The van der Waals surface area contributed by atoms with Crippen LogP contribution < -0.4 is 4.90 Å².